The van der Waals surface area contributed by atoms with Crippen molar-refractivity contribution in [3.05, 3.63) is 82.6 Å². The standard InChI is InChI=1S/C20H17FN4O/c1-14-6-7-16(26-12-18-17(21)5-3-8-22-18)10-19(14)25-11-15-4-2-9-23-20(15)24-13-25/h2-11H,12-13H2,1H3. The van der Waals surface area contributed by atoms with Crippen LogP contribution in [0.3, 0.4) is 0 Å². The molecule has 0 spiro atoms. The minimum atomic E-state index is -0.368. The quantitative estimate of drug-likeness (QED) is 0.726. The van der Waals surface area contributed by atoms with Gasteiger partial charge in [0.25, 0.3) is 0 Å². The molecule has 5 nitrogen and oxygen atoms in total. The first-order valence-electron chi connectivity index (χ1n) is 8.27. The van der Waals surface area contributed by atoms with Gasteiger partial charge >= 0.3 is 0 Å². The highest BCUT2D eigenvalue weighted by Crippen LogP contribution is 2.27. The van der Waals surface area contributed by atoms with Crippen molar-refractivity contribution in [2.75, 3.05) is 11.6 Å². The summed E-state index contributed by atoms with van der Waals surface area (Å²) in [6.07, 6.45) is 5.32. The predicted molar refractivity (Wildman–Crippen MR) is 96.5 cm³/mol. The van der Waals surface area contributed by atoms with Crippen LogP contribution in [0, 0.1) is 12.7 Å². The first-order chi connectivity index (χ1) is 12.7. The molecule has 26 heavy (non-hydrogen) atoms. The largest absolute Gasteiger partial charge is 0.487 e. The third kappa shape index (κ3) is 3.26. The molecule has 3 heterocycles. The lowest BCUT2D eigenvalue weighted by atomic mass is 10.1. The van der Waals surface area contributed by atoms with Crippen molar-refractivity contribution in [1.82, 2.24) is 9.97 Å². The monoisotopic (exact) mass is 348 g/mol. The normalized spacial score (nSPS) is 12.8. The predicted octanol–water partition coefficient (Wildman–Crippen LogP) is 2.34. The zero-order valence-corrected chi connectivity index (χ0v) is 14.3. The van der Waals surface area contributed by atoms with Gasteiger partial charge < -0.3 is 9.64 Å². The van der Waals surface area contributed by atoms with Gasteiger partial charge in [0, 0.05) is 35.6 Å². The summed E-state index contributed by atoms with van der Waals surface area (Å²) >= 11 is 0. The molecule has 4 rings (SSSR count). The van der Waals surface area contributed by atoms with Crippen LogP contribution in [0.25, 0.3) is 6.20 Å². The summed E-state index contributed by atoms with van der Waals surface area (Å²) in [4.78, 5) is 14.8. The molecule has 0 N–H and O–H groups in total. The van der Waals surface area contributed by atoms with Gasteiger partial charge in [0.15, 0.2) is 5.49 Å². The van der Waals surface area contributed by atoms with Crippen molar-refractivity contribution < 1.29 is 9.13 Å². The van der Waals surface area contributed by atoms with Crippen LogP contribution >= 0.6 is 0 Å². The van der Waals surface area contributed by atoms with Gasteiger partial charge in [-0.05, 0) is 42.8 Å². The van der Waals surface area contributed by atoms with Crippen LogP contribution in [0.2, 0.25) is 0 Å². The van der Waals surface area contributed by atoms with Crippen LogP contribution < -0.4 is 20.3 Å². The number of pyridine rings is 2. The van der Waals surface area contributed by atoms with E-state index in [1.165, 1.54) is 6.07 Å². The van der Waals surface area contributed by atoms with Crippen molar-refractivity contribution in [3.63, 3.8) is 0 Å². The van der Waals surface area contributed by atoms with Crippen LogP contribution in [-0.4, -0.2) is 16.6 Å². The number of aromatic nitrogens is 2. The van der Waals surface area contributed by atoms with Crippen LogP contribution in [-0.2, 0) is 6.61 Å². The highest BCUT2D eigenvalue weighted by atomic mass is 19.1. The van der Waals surface area contributed by atoms with E-state index in [4.69, 9.17) is 4.74 Å². The molecular weight excluding hydrogens is 331 g/mol. The zero-order valence-electron chi connectivity index (χ0n) is 14.3. The molecule has 0 saturated heterocycles. The first kappa shape index (κ1) is 16.2. The average molecular weight is 348 g/mol. The Labute approximate surface area is 150 Å². The second-order valence-electron chi connectivity index (χ2n) is 5.98. The Morgan fingerprint density at radius 3 is 2.85 bits per heavy atom. The molecule has 6 heteroatoms. The minimum Gasteiger partial charge on any atom is -0.487 e. The lowest BCUT2D eigenvalue weighted by Crippen LogP contribution is -2.37. The second-order valence-corrected chi connectivity index (χ2v) is 5.98. The van der Waals surface area contributed by atoms with E-state index >= 15 is 0 Å². The van der Waals surface area contributed by atoms with Crippen LogP contribution in [0.15, 0.2) is 59.9 Å². The van der Waals surface area contributed by atoms with Crippen molar-refractivity contribution in [2.45, 2.75) is 13.5 Å². The zero-order chi connectivity index (χ0) is 17.9. The Morgan fingerprint density at radius 2 is 1.96 bits per heavy atom. The molecule has 1 aliphatic rings. The fourth-order valence-corrected chi connectivity index (χ4v) is 2.80. The van der Waals surface area contributed by atoms with E-state index in [9.17, 15) is 4.39 Å². The van der Waals surface area contributed by atoms with E-state index in [2.05, 4.69) is 15.0 Å². The summed E-state index contributed by atoms with van der Waals surface area (Å²) in [7, 11) is 0. The van der Waals surface area contributed by atoms with Crippen LogP contribution in [0.5, 0.6) is 5.75 Å². The number of fused-ring (bicyclic) bond motifs is 1. The van der Waals surface area contributed by atoms with Crippen molar-refractivity contribution in [3.8, 4) is 5.75 Å². The van der Waals surface area contributed by atoms with E-state index in [0.717, 1.165) is 22.0 Å². The minimum absolute atomic E-state index is 0.0794. The van der Waals surface area contributed by atoms with E-state index in [-0.39, 0.29) is 18.1 Å². The molecule has 0 fully saturated rings. The Morgan fingerprint density at radius 1 is 1.12 bits per heavy atom. The average Bonchev–Trinajstić information content (AvgIpc) is 2.68. The molecule has 1 aliphatic heterocycles. The Kier molecular flexibility index (Phi) is 4.31. The molecule has 130 valence electrons. The Balaban J connectivity index is 1.59. The third-order valence-electron chi connectivity index (χ3n) is 4.18. The fourth-order valence-electron chi connectivity index (χ4n) is 2.80. The van der Waals surface area contributed by atoms with Gasteiger partial charge in [-0.25, -0.2) is 14.4 Å². The van der Waals surface area contributed by atoms with Gasteiger partial charge in [-0.15, -0.1) is 0 Å². The van der Waals surface area contributed by atoms with Crippen molar-refractivity contribution in [2.24, 2.45) is 4.99 Å². The molecular formula is C20H17FN4O. The molecule has 0 amide bonds. The molecule has 0 unspecified atom stereocenters. The second kappa shape index (κ2) is 6.92. The summed E-state index contributed by atoms with van der Waals surface area (Å²) in [5, 5.41) is 0.972. The smallest absolute Gasteiger partial charge is 0.157 e. The molecule has 2 aromatic heterocycles. The highest BCUT2D eigenvalue weighted by molar-refractivity contribution is 5.65. The number of aryl methyl sites for hydroxylation is 1. The van der Waals surface area contributed by atoms with E-state index in [0.29, 0.717) is 12.4 Å². The van der Waals surface area contributed by atoms with Gasteiger partial charge in [-0.1, -0.05) is 6.07 Å². The van der Waals surface area contributed by atoms with E-state index in [1.54, 1.807) is 18.5 Å². The summed E-state index contributed by atoms with van der Waals surface area (Å²) in [6, 6.07) is 12.6. The molecule has 0 atom stereocenters. The number of halogens is 1. The Hall–Kier alpha value is -3.28. The number of hydrogen-bond acceptors (Lipinski definition) is 5. The highest BCUT2D eigenvalue weighted by Gasteiger charge is 2.12. The third-order valence-corrected chi connectivity index (χ3v) is 4.18. The molecule has 3 aromatic rings. The lowest BCUT2D eigenvalue weighted by Gasteiger charge is -2.23. The maximum absolute atomic E-state index is 13.7. The van der Waals surface area contributed by atoms with Crippen molar-refractivity contribution >= 4 is 11.9 Å². The Bertz CT molecular complexity index is 1070. The number of ether oxygens (including phenoxy) is 1. The van der Waals surface area contributed by atoms with Gasteiger partial charge in [0.1, 0.15) is 30.5 Å². The van der Waals surface area contributed by atoms with E-state index in [1.807, 2.05) is 48.4 Å². The van der Waals surface area contributed by atoms with Crippen LogP contribution in [0.4, 0.5) is 10.1 Å². The van der Waals surface area contributed by atoms with Crippen molar-refractivity contribution in [1.29, 1.82) is 0 Å². The van der Waals surface area contributed by atoms with Gasteiger partial charge in [-0.3, -0.25) is 4.98 Å². The molecule has 1 aromatic carbocycles. The molecule has 0 radical (unpaired) electrons. The first-order valence-corrected chi connectivity index (χ1v) is 8.27. The summed E-state index contributed by atoms with van der Waals surface area (Å²) in [5.74, 6) is 0.285. The van der Waals surface area contributed by atoms with E-state index < -0.39 is 0 Å². The lowest BCUT2D eigenvalue weighted by molar-refractivity contribution is 0.294. The number of rotatable bonds is 4. The fraction of sp³-hybridized carbons (Fsp3) is 0.150. The van der Waals surface area contributed by atoms with Gasteiger partial charge in [0.05, 0.1) is 0 Å². The summed E-state index contributed by atoms with van der Waals surface area (Å²) in [6.45, 7) is 2.60. The van der Waals surface area contributed by atoms with Gasteiger partial charge in [0.2, 0.25) is 0 Å². The number of hydrogen-bond donors (Lipinski definition) is 0. The maximum atomic E-state index is 13.7. The summed E-state index contributed by atoms with van der Waals surface area (Å²) in [5.41, 5.74) is 3.12. The summed E-state index contributed by atoms with van der Waals surface area (Å²) < 4.78 is 19.4. The SMILES string of the molecule is Cc1ccc(OCc2ncccc2F)cc1N1C=c2cccnc2=NC1. The molecule has 0 aliphatic carbocycles. The van der Waals surface area contributed by atoms with Gasteiger partial charge in [-0.2, -0.15) is 0 Å². The molecule has 0 saturated carbocycles. The van der Waals surface area contributed by atoms with Crippen LogP contribution in [0.1, 0.15) is 11.3 Å². The topological polar surface area (TPSA) is 50.6 Å². The number of nitrogens with zero attached hydrogens (tertiary/aromatic N) is 4. The number of benzene rings is 1. The maximum Gasteiger partial charge on any atom is 0.157 e. The molecule has 0 bridgehead atoms. The number of anilines is 1.